The Bertz CT molecular complexity index is 840. The number of aromatic nitrogens is 5. The third-order valence-electron chi connectivity index (χ3n) is 4.27. The largest absolute Gasteiger partial charge is 0.368 e. The summed E-state index contributed by atoms with van der Waals surface area (Å²) in [4.78, 5) is 13.6. The van der Waals surface area contributed by atoms with E-state index in [0.717, 1.165) is 49.6 Å². The van der Waals surface area contributed by atoms with Gasteiger partial charge in [0.15, 0.2) is 5.82 Å². The number of anilines is 1. The summed E-state index contributed by atoms with van der Waals surface area (Å²) < 4.78 is 1.95. The second-order valence-corrected chi connectivity index (χ2v) is 6.12. The van der Waals surface area contributed by atoms with Crippen molar-refractivity contribution in [2.45, 2.75) is 32.7 Å². The molecule has 3 heterocycles. The van der Waals surface area contributed by atoms with Crippen LogP contribution in [0.2, 0.25) is 0 Å². The molecule has 0 spiro atoms. The number of fused-ring (bicyclic) bond motifs is 1. The molecule has 1 N–H and O–H groups in total. The van der Waals surface area contributed by atoms with E-state index in [-0.39, 0.29) is 0 Å². The van der Waals surface area contributed by atoms with Gasteiger partial charge in [0.05, 0.1) is 12.7 Å². The number of nitrogens with zero attached hydrogens (tertiary/aromatic N) is 5. The Labute approximate surface area is 141 Å². The van der Waals surface area contributed by atoms with Crippen molar-refractivity contribution in [3.05, 3.63) is 53.7 Å². The second kappa shape index (κ2) is 6.39. The lowest BCUT2D eigenvalue weighted by atomic mass is 10.2. The van der Waals surface area contributed by atoms with Crippen LogP contribution in [0, 0.1) is 6.92 Å². The molecule has 0 amide bonds. The van der Waals surface area contributed by atoms with E-state index < -0.39 is 0 Å². The number of aryl methyl sites for hydroxylation is 2. The van der Waals surface area contributed by atoms with Crippen molar-refractivity contribution in [2.24, 2.45) is 0 Å². The Kier molecular flexibility index (Phi) is 3.94. The molecule has 0 bridgehead atoms. The topological polar surface area (TPSA) is 68.5 Å². The van der Waals surface area contributed by atoms with Crippen molar-refractivity contribution in [1.29, 1.82) is 0 Å². The van der Waals surface area contributed by atoms with Gasteiger partial charge in [-0.25, -0.2) is 9.97 Å². The SMILES string of the molecule is Cc1cnn(CCNc2nc(-c3ccncc3)nc3c2CCC3)c1. The number of pyridine rings is 1. The van der Waals surface area contributed by atoms with E-state index in [1.807, 2.05) is 23.0 Å². The van der Waals surface area contributed by atoms with Gasteiger partial charge in [-0.3, -0.25) is 9.67 Å². The zero-order valence-corrected chi connectivity index (χ0v) is 13.7. The summed E-state index contributed by atoms with van der Waals surface area (Å²) in [6, 6.07) is 3.90. The molecule has 0 aliphatic heterocycles. The van der Waals surface area contributed by atoms with Crippen molar-refractivity contribution in [2.75, 3.05) is 11.9 Å². The highest BCUT2D eigenvalue weighted by molar-refractivity contribution is 5.60. The summed E-state index contributed by atoms with van der Waals surface area (Å²) >= 11 is 0. The molecule has 0 saturated carbocycles. The maximum absolute atomic E-state index is 4.77. The Morgan fingerprint density at radius 1 is 1.17 bits per heavy atom. The Morgan fingerprint density at radius 2 is 2.04 bits per heavy atom. The van der Waals surface area contributed by atoms with Crippen LogP contribution < -0.4 is 5.32 Å². The lowest BCUT2D eigenvalue weighted by Gasteiger charge is -2.12. The van der Waals surface area contributed by atoms with E-state index >= 15 is 0 Å². The number of rotatable bonds is 5. The quantitative estimate of drug-likeness (QED) is 0.783. The van der Waals surface area contributed by atoms with Gasteiger partial charge in [-0.15, -0.1) is 0 Å². The van der Waals surface area contributed by atoms with Crippen LogP contribution in [0.3, 0.4) is 0 Å². The zero-order valence-electron chi connectivity index (χ0n) is 13.7. The van der Waals surface area contributed by atoms with Crippen molar-refractivity contribution in [3.8, 4) is 11.4 Å². The number of hydrogen-bond donors (Lipinski definition) is 1. The summed E-state index contributed by atoms with van der Waals surface area (Å²) in [5.41, 5.74) is 4.63. The first-order valence-electron chi connectivity index (χ1n) is 8.33. The second-order valence-electron chi connectivity index (χ2n) is 6.12. The maximum atomic E-state index is 4.77. The lowest BCUT2D eigenvalue weighted by Crippen LogP contribution is -2.14. The van der Waals surface area contributed by atoms with Crippen LogP contribution >= 0.6 is 0 Å². The highest BCUT2D eigenvalue weighted by atomic mass is 15.3. The summed E-state index contributed by atoms with van der Waals surface area (Å²) in [5.74, 6) is 1.74. The standard InChI is InChI=1S/C18H20N6/c1-13-11-21-24(12-13)10-9-20-18-15-3-2-4-16(15)22-17(23-18)14-5-7-19-8-6-14/h5-8,11-12H,2-4,9-10H2,1H3,(H,20,22,23). The molecule has 0 fully saturated rings. The minimum atomic E-state index is 0.774. The predicted octanol–water partition coefficient (Wildman–Crippen LogP) is 2.64. The van der Waals surface area contributed by atoms with E-state index in [1.165, 1.54) is 16.8 Å². The molecule has 3 aromatic heterocycles. The summed E-state index contributed by atoms with van der Waals surface area (Å²) in [6.07, 6.45) is 10.7. The Balaban J connectivity index is 1.56. The van der Waals surface area contributed by atoms with E-state index in [2.05, 4.69) is 28.5 Å². The highest BCUT2D eigenvalue weighted by Gasteiger charge is 2.19. The van der Waals surface area contributed by atoms with Crippen molar-refractivity contribution < 1.29 is 0 Å². The predicted molar refractivity (Wildman–Crippen MR) is 92.7 cm³/mol. The molecule has 6 heteroatoms. The van der Waals surface area contributed by atoms with E-state index in [0.29, 0.717) is 0 Å². The first-order chi connectivity index (χ1) is 11.8. The van der Waals surface area contributed by atoms with Crippen LogP contribution in [0.4, 0.5) is 5.82 Å². The Hall–Kier alpha value is -2.76. The fourth-order valence-electron chi connectivity index (χ4n) is 3.09. The number of nitrogens with one attached hydrogen (secondary N) is 1. The minimum absolute atomic E-state index is 0.774. The molecule has 24 heavy (non-hydrogen) atoms. The van der Waals surface area contributed by atoms with Crippen molar-refractivity contribution >= 4 is 5.82 Å². The molecule has 122 valence electrons. The van der Waals surface area contributed by atoms with Gasteiger partial charge in [0.25, 0.3) is 0 Å². The first kappa shape index (κ1) is 14.8. The monoisotopic (exact) mass is 320 g/mol. The molecule has 0 unspecified atom stereocenters. The van der Waals surface area contributed by atoms with E-state index in [9.17, 15) is 0 Å². The molecule has 6 nitrogen and oxygen atoms in total. The summed E-state index contributed by atoms with van der Waals surface area (Å²) in [5, 5.41) is 7.81. The molecule has 1 aliphatic carbocycles. The van der Waals surface area contributed by atoms with Gasteiger partial charge in [-0.05, 0) is 43.9 Å². The fraction of sp³-hybridized carbons (Fsp3) is 0.333. The molecule has 3 aromatic rings. The van der Waals surface area contributed by atoms with Crippen LogP contribution in [0.1, 0.15) is 23.2 Å². The van der Waals surface area contributed by atoms with Gasteiger partial charge in [-0.1, -0.05) is 0 Å². The van der Waals surface area contributed by atoms with Crippen LogP contribution in [0.15, 0.2) is 36.9 Å². The minimum Gasteiger partial charge on any atom is -0.368 e. The molecule has 4 rings (SSSR count). The lowest BCUT2D eigenvalue weighted by molar-refractivity contribution is 0.636. The third kappa shape index (κ3) is 2.99. The summed E-state index contributed by atoms with van der Waals surface area (Å²) in [6.45, 7) is 3.66. The number of hydrogen-bond acceptors (Lipinski definition) is 5. The van der Waals surface area contributed by atoms with E-state index in [4.69, 9.17) is 9.97 Å². The highest BCUT2D eigenvalue weighted by Crippen LogP contribution is 2.28. The fourth-order valence-corrected chi connectivity index (χ4v) is 3.09. The molecule has 0 radical (unpaired) electrons. The molecular formula is C18H20N6. The normalized spacial score (nSPS) is 13.0. The van der Waals surface area contributed by atoms with Crippen LogP contribution in [0.25, 0.3) is 11.4 Å². The van der Waals surface area contributed by atoms with Gasteiger partial charge >= 0.3 is 0 Å². The van der Waals surface area contributed by atoms with Gasteiger partial charge in [0, 0.05) is 42.0 Å². The Morgan fingerprint density at radius 3 is 2.83 bits per heavy atom. The van der Waals surface area contributed by atoms with Gasteiger partial charge in [0.2, 0.25) is 0 Å². The molecule has 0 atom stereocenters. The average Bonchev–Trinajstić information content (AvgIpc) is 3.24. The van der Waals surface area contributed by atoms with Gasteiger partial charge in [-0.2, -0.15) is 5.10 Å². The van der Waals surface area contributed by atoms with Gasteiger partial charge in [0.1, 0.15) is 5.82 Å². The average molecular weight is 320 g/mol. The molecule has 1 aliphatic rings. The van der Waals surface area contributed by atoms with Crippen LogP contribution in [-0.4, -0.2) is 31.3 Å². The van der Waals surface area contributed by atoms with Crippen LogP contribution in [-0.2, 0) is 19.4 Å². The maximum Gasteiger partial charge on any atom is 0.161 e. The van der Waals surface area contributed by atoms with Crippen molar-refractivity contribution in [3.63, 3.8) is 0 Å². The van der Waals surface area contributed by atoms with Gasteiger partial charge < -0.3 is 5.32 Å². The zero-order chi connectivity index (χ0) is 16.4. The first-order valence-corrected chi connectivity index (χ1v) is 8.33. The molecule has 0 aromatic carbocycles. The third-order valence-corrected chi connectivity index (χ3v) is 4.27. The van der Waals surface area contributed by atoms with Crippen molar-refractivity contribution in [1.82, 2.24) is 24.7 Å². The smallest absolute Gasteiger partial charge is 0.161 e. The molecule has 0 saturated heterocycles. The van der Waals surface area contributed by atoms with Crippen LogP contribution in [0.5, 0.6) is 0 Å². The molecular weight excluding hydrogens is 300 g/mol. The van der Waals surface area contributed by atoms with E-state index in [1.54, 1.807) is 12.4 Å². The summed E-state index contributed by atoms with van der Waals surface area (Å²) in [7, 11) is 0.